The Bertz CT molecular complexity index is 905. The Morgan fingerprint density at radius 3 is 2.54 bits per heavy atom. The smallest absolute Gasteiger partial charge is 0.303 e. The summed E-state index contributed by atoms with van der Waals surface area (Å²) in [5.74, 6) is 0.292. The van der Waals surface area contributed by atoms with Crippen LogP contribution in [0.3, 0.4) is 0 Å². The van der Waals surface area contributed by atoms with Crippen LogP contribution in [0, 0.1) is 4.77 Å². The molecule has 132 valence electrons. The van der Waals surface area contributed by atoms with E-state index in [1.165, 1.54) is 0 Å². The van der Waals surface area contributed by atoms with Crippen molar-refractivity contribution in [2.24, 2.45) is 0 Å². The van der Waals surface area contributed by atoms with Crippen LogP contribution in [0.5, 0.6) is 0 Å². The molecule has 24 heavy (non-hydrogen) atoms. The molecule has 1 fully saturated rings. The second-order valence-electron chi connectivity index (χ2n) is 5.95. The average Bonchev–Trinajstić information content (AvgIpc) is 3.02. The van der Waals surface area contributed by atoms with Gasteiger partial charge in [0.25, 0.3) is 0 Å². The normalized spacial score (nSPS) is 20.5. The fourth-order valence-corrected chi connectivity index (χ4v) is 5.37. The molecule has 1 saturated heterocycles. The van der Waals surface area contributed by atoms with Crippen molar-refractivity contribution in [1.82, 2.24) is 14.0 Å². The minimum atomic E-state index is -3.01. The molecule has 0 amide bonds. The van der Waals surface area contributed by atoms with Gasteiger partial charge in [-0.3, -0.25) is 9.47 Å². The molecule has 1 aliphatic heterocycles. The molecule has 2 heterocycles. The first-order chi connectivity index (χ1) is 11.3. The van der Waals surface area contributed by atoms with Crippen LogP contribution in [0.1, 0.15) is 19.9 Å². The van der Waals surface area contributed by atoms with Crippen LogP contribution in [-0.4, -0.2) is 46.5 Å². The lowest BCUT2D eigenvalue weighted by molar-refractivity contribution is 0.0712. The average molecular weight is 375 g/mol. The van der Waals surface area contributed by atoms with Crippen molar-refractivity contribution < 1.29 is 17.2 Å². The Hall–Kier alpha value is -1.32. The lowest BCUT2D eigenvalue weighted by Crippen LogP contribution is -2.37. The summed E-state index contributed by atoms with van der Waals surface area (Å²) in [6.45, 7) is 0.137. The SMILES string of the molecule is CCN(Cn1c(=S)n(C(F)F)c2ccccc21)C1CCS(=O)(=O)C1. The zero-order valence-electron chi connectivity index (χ0n) is 13.2. The molecule has 1 aromatic carbocycles. The highest BCUT2D eigenvalue weighted by molar-refractivity contribution is 7.91. The molecule has 0 N–H and O–H groups in total. The lowest BCUT2D eigenvalue weighted by atomic mass is 10.2. The quantitative estimate of drug-likeness (QED) is 0.754. The zero-order chi connectivity index (χ0) is 17.5. The zero-order valence-corrected chi connectivity index (χ0v) is 14.9. The third kappa shape index (κ3) is 3.12. The van der Waals surface area contributed by atoms with Crippen LogP contribution in [0.25, 0.3) is 11.0 Å². The summed E-state index contributed by atoms with van der Waals surface area (Å²) < 4.78 is 52.8. The van der Waals surface area contributed by atoms with Crippen molar-refractivity contribution >= 4 is 33.1 Å². The number of para-hydroxylation sites is 2. The molecule has 1 unspecified atom stereocenters. The Morgan fingerprint density at radius 1 is 1.33 bits per heavy atom. The number of nitrogens with zero attached hydrogens (tertiary/aromatic N) is 3. The highest BCUT2D eigenvalue weighted by Crippen LogP contribution is 2.25. The fourth-order valence-electron chi connectivity index (χ4n) is 3.28. The van der Waals surface area contributed by atoms with Gasteiger partial charge in [-0.1, -0.05) is 19.1 Å². The van der Waals surface area contributed by atoms with E-state index in [1.807, 2.05) is 11.8 Å². The van der Waals surface area contributed by atoms with Crippen LogP contribution in [0.2, 0.25) is 0 Å². The van der Waals surface area contributed by atoms with Gasteiger partial charge in [0.1, 0.15) is 0 Å². The van der Waals surface area contributed by atoms with E-state index in [-0.39, 0.29) is 22.3 Å². The van der Waals surface area contributed by atoms with Crippen molar-refractivity contribution in [2.75, 3.05) is 18.1 Å². The predicted molar refractivity (Wildman–Crippen MR) is 91.5 cm³/mol. The molecule has 1 aromatic heterocycles. The number of fused-ring (bicyclic) bond motifs is 1. The molecule has 9 heteroatoms. The molecule has 0 spiro atoms. The van der Waals surface area contributed by atoms with Gasteiger partial charge < -0.3 is 4.57 Å². The number of imidazole rings is 1. The van der Waals surface area contributed by atoms with Crippen molar-refractivity contribution in [3.63, 3.8) is 0 Å². The summed E-state index contributed by atoms with van der Waals surface area (Å²) >= 11 is 5.26. The van der Waals surface area contributed by atoms with Crippen molar-refractivity contribution in [1.29, 1.82) is 0 Å². The molecule has 0 radical (unpaired) electrons. The summed E-state index contributed by atoms with van der Waals surface area (Å²) in [5.41, 5.74) is 1.01. The van der Waals surface area contributed by atoms with E-state index >= 15 is 0 Å². The molecule has 5 nitrogen and oxygen atoms in total. The second-order valence-corrected chi connectivity index (χ2v) is 8.54. The van der Waals surface area contributed by atoms with Crippen LogP contribution in [0.15, 0.2) is 24.3 Å². The van der Waals surface area contributed by atoms with E-state index in [2.05, 4.69) is 0 Å². The van der Waals surface area contributed by atoms with Gasteiger partial charge in [0, 0.05) is 6.04 Å². The first-order valence-corrected chi connectivity index (χ1v) is 9.99. The molecule has 1 atom stereocenters. The van der Waals surface area contributed by atoms with E-state index in [0.717, 1.165) is 4.57 Å². The van der Waals surface area contributed by atoms with E-state index in [9.17, 15) is 17.2 Å². The Kier molecular flexibility index (Phi) is 4.76. The number of halogens is 2. The number of hydrogen-bond donors (Lipinski definition) is 0. The molecule has 2 aromatic rings. The molecule has 3 rings (SSSR count). The van der Waals surface area contributed by atoms with E-state index < -0.39 is 16.4 Å². The predicted octanol–water partition coefficient (Wildman–Crippen LogP) is 3.03. The molecule has 1 aliphatic rings. The number of hydrogen-bond acceptors (Lipinski definition) is 4. The van der Waals surface area contributed by atoms with Crippen molar-refractivity contribution in [3.8, 4) is 0 Å². The summed E-state index contributed by atoms with van der Waals surface area (Å²) in [6.07, 6.45) is 0.566. The topological polar surface area (TPSA) is 47.2 Å². The van der Waals surface area contributed by atoms with Gasteiger partial charge >= 0.3 is 6.55 Å². The van der Waals surface area contributed by atoms with Gasteiger partial charge in [0.05, 0.1) is 29.2 Å². The van der Waals surface area contributed by atoms with Crippen LogP contribution in [0.4, 0.5) is 8.78 Å². The second kappa shape index (κ2) is 6.53. The maximum absolute atomic E-state index is 13.4. The van der Waals surface area contributed by atoms with Gasteiger partial charge in [-0.25, -0.2) is 8.42 Å². The molecular formula is C15H19F2N3O2S2. The largest absolute Gasteiger partial charge is 0.321 e. The number of aromatic nitrogens is 2. The van der Waals surface area contributed by atoms with E-state index in [1.54, 1.807) is 28.8 Å². The summed E-state index contributed by atoms with van der Waals surface area (Å²) in [4.78, 5) is 1.99. The third-order valence-corrected chi connectivity index (χ3v) is 6.69. The number of rotatable bonds is 5. The minimum Gasteiger partial charge on any atom is -0.303 e. The van der Waals surface area contributed by atoms with Crippen LogP contribution < -0.4 is 0 Å². The standard InChI is InChI=1S/C15H19F2N3O2S2/c1-2-18(11-7-8-24(21,22)9-11)10-19-12-5-3-4-6-13(12)20(14(16)17)15(19)23/h3-6,11,14H,2,7-10H2,1H3. The first kappa shape index (κ1) is 17.5. The van der Waals surface area contributed by atoms with Gasteiger partial charge in [0.2, 0.25) is 0 Å². The molecular weight excluding hydrogens is 356 g/mol. The molecule has 0 saturated carbocycles. The Balaban J connectivity index is 2.00. The monoisotopic (exact) mass is 375 g/mol. The lowest BCUT2D eigenvalue weighted by Gasteiger charge is -2.27. The maximum Gasteiger partial charge on any atom is 0.321 e. The first-order valence-electron chi connectivity index (χ1n) is 7.76. The van der Waals surface area contributed by atoms with Crippen LogP contribution in [-0.2, 0) is 16.5 Å². The van der Waals surface area contributed by atoms with Gasteiger partial charge in [0.15, 0.2) is 14.6 Å². The number of alkyl halides is 2. The third-order valence-electron chi connectivity index (χ3n) is 4.52. The van der Waals surface area contributed by atoms with Gasteiger partial charge in [-0.15, -0.1) is 0 Å². The summed E-state index contributed by atoms with van der Waals surface area (Å²) in [5, 5.41) is 0. The van der Waals surface area contributed by atoms with Crippen molar-refractivity contribution in [2.45, 2.75) is 32.6 Å². The van der Waals surface area contributed by atoms with E-state index in [0.29, 0.717) is 30.7 Å². The number of sulfone groups is 1. The van der Waals surface area contributed by atoms with Gasteiger partial charge in [-0.05, 0) is 37.3 Å². The number of benzene rings is 1. The molecule has 0 aliphatic carbocycles. The maximum atomic E-state index is 13.4. The van der Waals surface area contributed by atoms with Crippen LogP contribution >= 0.6 is 12.2 Å². The Labute approximate surface area is 144 Å². The minimum absolute atomic E-state index is 0.0468. The highest BCUT2D eigenvalue weighted by atomic mass is 32.2. The Morgan fingerprint density at radius 2 is 2.00 bits per heavy atom. The summed E-state index contributed by atoms with van der Waals surface area (Å²) in [6, 6.07) is 6.74. The highest BCUT2D eigenvalue weighted by Gasteiger charge is 2.32. The summed E-state index contributed by atoms with van der Waals surface area (Å²) in [7, 11) is -3.01. The fraction of sp³-hybridized carbons (Fsp3) is 0.533. The van der Waals surface area contributed by atoms with Gasteiger partial charge in [-0.2, -0.15) is 8.78 Å². The molecule has 0 bridgehead atoms. The van der Waals surface area contributed by atoms with Crippen molar-refractivity contribution in [3.05, 3.63) is 29.0 Å². The van der Waals surface area contributed by atoms with E-state index in [4.69, 9.17) is 12.2 Å².